The lowest BCUT2D eigenvalue weighted by molar-refractivity contribution is 0.0695. The van der Waals surface area contributed by atoms with Crippen molar-refractivity contribution in [1.82, 2.24) is 0 Å². The molecule has 0 unspecified atom stereocenters. The highest BCUT2D eigenvalue weighted by Gasteiger charge is 2.22. The van der Waals surface area contributed by atoms with Crippen molar-refractivity contribution in [2.75, 3.05) is 0 Å². The number of rotatable bonds is 2. The third-order valence-electron chi connectivity index (χ3n) is 2.58. The van der Waals surface area contributed by atoms with Crippen LogP contribution in [0, 0.1) is 0 Å². The molecule has 0 saturated carbocycles. The van der Waals surface area contributed by atoms with Gasteiger partial charge in [0, 0.05) is 15.8 Å². The second kappa shape index (κ2) is 4.89. The predicted molar refractivity (Wildman–Crippen MR) is 72.9 cm³/mol. The zero-order chi connectivity index (χ0) is 14.3. The monoisotopic (exact) mass is 318 g/mol. The van der Waals surface area contributed by atoms with Gasteiger partial charge in [-0.05, 0) is 18.2 Å². The van der Waals surface area contributed by atoms with E-state index in [-0.39, 0.29) is 37.0 Å². The average Bonchev–Trinajstić information content (AvgIpc) is 2.27. The fourth-order valence-electron chi connectivity index (χ4n) is 1.83. The molecule has 7 heteroatoms. The van der Waals surface area contributed by atoms with Crippen LogP contribution in [0.25, 0.3) is 10.8 Å². The molecular weight excluding hydrogens is 314 g/mol. The molecule has 0 aromatic heterocycles. The van der Waals surface area contributed by atoms with E-state index in [1.165, 1.54) is 18.2 Å². The van der Waals surface area contributed by atoms with Gasteiger partial charge in [-0.3, -0.25) is 0 Å². The van der Waals surface area contributed by atoms with E-state index < -0.39 is 11.9 Å². The Morgan fingerprint density at radius 3 is 2.00 bits per heavy atom. The smallest absolute Gasteiger partial charge is 0.337 e. The van der Waals surface area contributed by atoms with Crippen LogP contribution in [0.4, 0.5) is 0 Å². The molecule has 0 bridgehead atoms. The second-order valence-corrected chi connectivity index (χ2v) is 4.89. The van der Waals surface area contributed by atoms with Crippen molar-refractivity contribution in [2.24, 2.45) is 0 Å². The SMILES string of the molecule is O=C(O)c1ccc(Cl)c2c(Cl)cc(Cl)c(C(=O)O)c12. The lowest BCUT2D eigenvalue weighted by Crippen LogP contribution is -2.05. The Balaban J connectivity index is 3.14. The molecule has 0 heterocycles. The third kappa shape index (κ3) is 2.23. The summed E-state index contributed by atoms with van der Waals surface area (Å²) in [5, 5.41) is 18.5. The van der Waals surface area contributed by atoms with Gasteiger partial charge in [0.15, 0.2) is 0 Å². The Labute approximate surface area is 122 Å². The first-order valence-corrected chi connectivity index (χ1v) is 6.04. The van der Waals surface area contributed by atoms with Crippen molar-refractivity contribution in [3.05, 3.63) is 44.4 Å². The highest BCUT2D eigenvalue weighted by molar-refractivity contribution is 6.46. The number of carbonyl (C=O) groups is 2. The van der Waals surface area contributed by atoms with E-state index in [4.69, 9.17) is 39.9 Å². The summed E-state index contributed by atoms with van der Waals surface area (Å²) in [7, 11) is 0. The molecule has 4 nitrogen and oxygen atoms in total. The molecule has 2 aromatic carbocycles. The Morgan fingerprint density at radius 1 is 0.842 bits per heavy atom. The van der Waals surface area contributed by atoms with Gasteiger partial charge < -0.3 is 10.2 Å². The zero-order valence-corrected chi connectivity index (χ0v) is 11.3. The van der Waals surface area contributed by atoms with Crippen LogP contribution in [0.15, 0.2) is 18.2 Å². The molecule has 0 amide bonds. The Bertz CT molecular complexity index is 725. The van der Waals surface area contributed by atoms with E-state index in [1.807, 2.05) is 0 Å². The summed E-state index contributed by atoms with van der Waals surface area (Å²) < 4.78 is 0. The fraction of sp³-hybridized carbons (Fsp3) is 0. The number of benzene rings is 2. The van der Waals surface area contributed by atoms with Crippen LogP contribution in [0.3, 0.4) is 0 Å². The number of carboxylic acid groups (broad SMARTS) is 2. The van der Waals surface area contributed by atoms with Gasteiger partial charge in [0.2, 0.25) is 0 Å². The molecule has 0 atom stereocenters. The van der Waals surface area contributed by atoms with Crippen LogP contribution in [-0.2, 0) is 0 Å². The number of fused-ring (bicyclic) bond motifs is 1. The van der Waals surface area contributed by atoms with Gasteiger partial charge in [-0.25, -0.2) is 9.59 Å². The fourth-order valence-corrected chi connectivity index (χ4v) is 2.79. The summed E-state index contributed by atoms with van der Waals surface area (Å²) >= 11 is 17.8. The van der Waals surface area contributed by atoms with Crippen molar-refractivity contribution < 1.29 is 19.8 Å². The van der Waals surface area contributed by atoms with Gasteiger partial charge >= 0.3 is 11.9 Å². The molecule has 0 radical (unpaired) electrons. The first-order chi connectivity index (χ1) is 8.84. The van der Waals surface area contributed by atoms with Crippen LogP contribution in [0.2, 0.25) is 15.1 Å². The van der Waals surface area contributed by atoms with Crippen LogP contribution in [0.5, 0.6) is 0 Å². The van der Waals surface area contributed by atoms with Crippen molar-refractivity contribution in [2.45, 2.75) is 0 Å². The Kier molecular flexibility index (Phi) is 3.58. The second-order valence-electron chi connectivity index (χ2n) is 3.67. The average molecular weight is 320 g/mol. The topological polar surface area (TPSA) is 74.6 Å². The lowest BCUT2D eigenvalue weighted by atomic mass is 9.99. The first-order valence-electron chi connectivity index (χ1n) is 4.91. The number of hydrogen-bond acceptors (Lipinski definition) is 2. The number of aromatic carboxylic acids is 2. The predicted octanol–water partition coefficient (Wildman–Crippen LogP) is 4.20. The molecule has 98 valence electrons. The van der Waals surface area contributed by atoms with Crippen LogP contribution in [-0.4, -0.2) is 22.2 Å². The van der Waals surface area contributed by atoms with Gasteiger partial charge in [-0.15, -0.1) is 0 Å². The normalized spacial score (nSPS) is 10.7. The molecule has 0 fully saturated rings. The van der Waals surface area contributed by atoms with Crippen molar-refractivity contribution >= 4 is 57.5 Å². The summed E-state index contributed by atoms with van der Waals surface area (Å²) in [5.41, 5.74) is -0.554. The summed E-state index contributed by atoms with van der Waals surface area (Å²) in [6.45, 7) is 0. The van der Waals surface area contributed by atoms with Crippen LogP contribution < -0.4 is 0 Å². The largest absolute Gasteiger partial charge is 0.478 e. The van der Waals surface area contributed by atoms with Crippen molar-refractivity contribution in [1.29, 1.82) is 0 Å². The molecule has 19 heavy (non-hydrogen) atoms. The molecule has 0 saturated heterocycles. The van der Waals surface area contributed by atoms with Gasteiger partial charge in [0.05, 0.1) is 21.2 Å². The van der Waals surface area contributed by atoms with E-state index in [2.05, 4.69) is 0 Å². The summed E-state index contributed by atoms with van der Waals surface area (Å²) in [6, 6.07) is 3.79. The Hall–Kier alpha value is -1.49. The van der Waals surface area contributed by atoms with Crippen molar-refractivity contribution in [3.63, 3.8) is 0 Å². The molecule has 0 aliphatic carbocycles. The van der Waals surface area contributed by atoms with E-state index in [9.17, 15) is 14.7 Å². The maximum Gasteiger partial charge on any atom is 0.337 e. The summed E-state index contributed by atoms with van der Waals surface area (Å²) in [4.78, 5) is 22.5. The quantitative estimate of drug-likeness (QED) is 0.870. The molecular formula is C12H5Cl3O4. The van der Waals surface area contributed by atoms with Gasteiger partial charge in [-0.2, -0.15) is 0 Å². The van der Waals surface area contributed by atoms with E-state index in [1.54, 1.807) is 0 Å². The third-order valence-corrected chi connectivity index (χ3v) is 3.49. The Morgan fingerprint density at radius 2 is 1.47 bits per heavy atom. The van der Waals surface area contributed by atoms with Gasteiger partial charge in [-0.1, -0.05) is 34.8 Å². The number of halogens is 3. The summed E-state index contributed by atoms with van der Waals surface area (Å²) in [5.74, 6) is -2.64. The molecule has 2 N–H and O–H groups in total. The molecule has 2 rings (SSSR count). The van der Waals surface area contributed by atoms with E-state index >= 15 is 0 Å². The van der Waals surface area contributed by atoms with E-state index in [0.717, 1.165) is 0 Å². The minimum absolute atomic E-state index is 0.0787. The van der Waals surface area contributed by atoms with Crippen LogP contribution >= 0.6 is 34.8 Å². The maximum absolute atomic E-state index is 11.3. The van der Waals surface area contributed by atoms with Gasteiger partial charge in [0.1, 0.15) is 0 Å². The zero-order valence-electron chi connectivity index (χ0n) is 9.08. The van der Waals surface area contributed by atoms with Gasteiger partial charge in [0.25, 0.3) is 0 Å². The molecule has 0 aliphatic heterocycles. The molecule has 0 aliphatic rings. The highest BCUT2D eigenvalue weighted by atomic mass is 35.5. The minimum atomic E-state index is -1.35. The number of hydrogen-bond donors (Lipinski definition) is 2. The standard InChI is InChI=1S/C12H5Cl3O4/c13-5-2-1-4(11(16)17)8-9(5)6(14)3-7(15)10(8)12(18)19/h1-3H,(H,16,17)(H,18,19). The van der Waals surface area contributed by atoms with E-state index in [0.29, 0.717) is 0 Å². The molecule has 2 aromatic rings. The first kappa shape index (κ1) is 13.9. The number of carboxylic acids is 2. The summed E-state index contributed by atoms with van der Waals surface area (Å²) in [6.07, 6.45) is 0. The highest BCUT2D eigenvalue weighted by Crippen LogP contribution is 2.38. The maximum atomic E-state index is 11.3. The van der Waals surface area contributed by atoms with Crippen LogP contribution in [0.1, 0.15) is 20.7 Å². The lowest BCUT2D eigenvalue weighted by Gasteiger charge is -2.11. The van der Waals surface area contributed by atoms with Crippen molar-refractivity contribution in [3.8, 4) is 0 Å². The minimum Gasteiger partial charge on any atom is -0.478 e. The molecule has 0 spiro atoms.